The van der Waals surface area contributed by atoms with Gasteiger partial charge in [0.05, 0.1) is 28.5 Å². The highest BCUT2D eigenvalue weighted by molar-refractivity contribution is 8.00. The van der Waals surface area contributed by atoms with Gasteiger partial charge in [-0.2, -0.15) is 5.26 Å². The van der Waals surface area contributed by atoms with Gasteiger partial charge in [0.25, 0.3) is 0 Å². The summed E-state index contributed by atoms with van der Waals surface area (Å²) in [5.74, 6) is -0.152. The minimum absolute atomic E-state index is 0.172. The lowest BCUT2D eigenvalue weighted by molar-refractivity contribution is -0.121. The molecule has 2 amide bonds. The molecule has 1 fully saturated rings. The average Bonchev–Trinajstić information content (AvgIpc) is 2.86. The van der Waals surface area contributed by atoms with Crippen LogP contribution in [0.5, 0.6) is 0 Å². The van der Waals surface area contributed by atoms with Crippen molar-refractivity contribution in [3.63, 3.8) is 0 Å². The number of carbonyl (C=O) groups excluding carboxylic acids is 2. The van der Waals surface area contributed by atoms with Crippen LogP contribution in [0.3, 0.4) is 0 Å². The van der Waals surface area contributed by atoms with Gasteiger partial charge in [0, 0.05) is 12.5 Å². The Bertz CT molecular complexity index is 856. The highest BCUT2D eigenvalue weighted by Gasteiger charge is 2.39. The Hall–Kier alpha value is -2.11. The van der Waals surface area contributed by atoms with Crippen LogP contribution in [0.2, 0.25) is 0 Å². The number of imide groups is 1. The van der Waals surface area contributed by atoms with E-state index >= 15 is 0 Å². The molecule has 138 valence electrons. The van der Waals surface area contributed by atoms with Gasteiger partial charge in [0.1, 0.15) is 0 Å². The van der Waals surface area contributed by atoms with Gasteiger partial charge in [0.2, 0.25) is 11.8 Å². The van der Waals surface area contributed by atoms with Crippen molar-refractivity contribution >= 4 is 39.1 Å². The van der Waals surface area contributed by atoms with Crippen LogP contribution >= 0.6 is 11.8 Å². The summed E-state index contributed by atoms with van der Waals surface area (Å²) in [6.07, 6.45) is 3.52. The lowest BCUT2D eigenvalue weighted by Crippen LogP contribution is -2.31. The topological polar surface area (TPSA) is 95.3 Å². The molecule has 0 radical (unpaired) electrons. The Labute approximate surface area is 157 Å². The molecule has 2 rings (SSSR count). The molecule has 0 aromatic heterocycles. The molecular formula is C18H20N2O4S2. The fourth-order valence-corrected chi connectivity index (χ4v) is 4.83. The van der Waals surface area contributed by atoms with E-state index < -0.39 is 9.84 Å². The van der Waals surface area contributed by atoms with Gasteiger partial charge in [-0.15, -0.1) is 11.8 Å². The molecule has 1 aromatic carbocycles. The Morgan fingerprint density at radius 1 is 1.38 bits per heavy atom. The second-order valence-electron chi connectivity index (χ2n) is 5.89. The van der Waals surface area contributed by atoms with Crippen molar-refractivity contribution in [1.29, 1.82) is 5.26 Å². The van der Waals surface area contributed by atoms with Gasteiger partial charge in [-0.1, -0.05) is 25.1 Å². The molecule has 0 N–H and O–H groups in total. The van der Waals surface area contributed by atoms with Gasteiger partial charge in [-0.3, -0.25) is 9.59 Å². The lowest BCUT2D eigenvalue weighted by Gasteiger charge is -2.16. The highest BCUT2D eigenvalue weighted by Crippen LogP contribution is 2.30. The smallest absolute Gasteiger partial charge is 0.247 e. The first kappa shape index (κ1) is 20.2. The average molecular weight is 393 g/mol. The molecular weight excluding hydrogens is 372 g/mol. The Kier molecular flexibility index (Phi) is 7.00. The summed E-state index contributed by atoms with van der Waals surface area (Å²) in [6.45, 7) is 2.02. The molecule has 0 aliphatic carbocycles. The number of nitrogens with zero attached hydrogens (tertiary/aromatic N) is 2. The van der Waals surface area contributed by atoms with Crippen molar-refractivity contribution < 1.29 is 18.0 Å². The number of allylic oxidation sites excluding steroid dienone is 1. The van der Waals surface area contributed by atoms with E-state index in [-0.39, 0.29) is 35.0 Å². The van der Waals surface area contributed by atoms with Crippen LogP contribution < -0.4 is 4.90 Å². The number of carbonyl (C=O) groups is 2. The number of benzene rings is 1. The minimum atomic E-state index is -3.43. The summed E-state index contributed by atoms with van der Waals surface area (Å²) in [7, 11) is -3.43. The summed E-state index contributed by atoms with van der Waals surface area (Å²) in [6, 6.07) is 8.23. The number of hydrogen-bond donors (Lipinski definition) is 0. The SMILES string of the molecule is CCCSC1CC(=O)N(c2cccc(CS(=O)(=O)C/C=C/C#N)c2)C1=O. The fraction of sp³-hybridized carbons (Fsp3) is 0.389. The first-order chi connectivity index (χ1) is 12.4. The maximum absolute atomic E-state index is 12.5. The third-order valence-corrected chi connectivity index (χ3v) is 6.61. The van der Waals surface area contributed by atoms with Crippen molar-refractivity contribution in [3.8, 4) is 6.07 Å². The van der Waals surface area contributed by atoms with E-state index in [1.807, 2.05) is 6.92 Å². The number of thioether (sulfide) groups is 1. The van der Waals surface area contributed by atoms with Crippen LogP contribution in [0.4, 0.5) is 5.69 Å². The van der Waals surface area contributed by atoms with Crippen LogP contribution in [-0.4, -0.2) is 37.0 Å². The predicted molar refractivity (Wildman–Crippen MR) is 102 cm³/mol. The van der Waals surface area contributed by atoms with Gasteiger partial charge < -0.3 is 0 Å². The van der Waals surface area contributed by atoms with E-state index in [1.165, 1.54) is 17.8 Å². The monoisotopic (exact) mass is 392 g/mol. The van der Waals surface area contributed by atoms with Gasteiger partial charge in [0.15, 0.2) is 9.84 Å². The summed E-state index contributed by atoms with van der Waals surface area (Å²) in [5, 5.41) is 8.06. The van der Waals surface area contributed by atoms with Gasteiger partial charge >= 0.3 is 0 Å². The van der Waals surface area contributed by atoms with E-state index in [0.29, 0.717) is 11.3 Å². The fourth-order valence-electron chi connectivity index (χ4n) is 2.61. The molecule has 1 saturated heterocycles. The highest BCUT2D eigenvalue weighted by atomic mass is 32.2. The summed E-state index contributed by atoms with van der Waals surface area (Å²) >= 11 is 1.48. The largest absolute Gasteiger partial charge is 0.274 e. The molecule has 0 spiro atoms. The zero-order valence-corrected chi connectivity index (χ0v) is 16.1. The van der Waals surface area contributed by atoms with Gasteiger partial charge in [-0.05, 0) is 29.9 Å². The molecule has 0 bridgehead atoms. The van der Waals surface area contributed by atoms with E-state index in [2.05, 4.69) is 0 Å². The Balaban J connectivity index is 2.16. The van der Waals surface area contributed by atoms with Crippen LogP contribution in [0.25, 0.3) is 0 Å². The van der Waals surface area contributed by atoms with Crippen molar-refractivity contribution in [2.24, 2.45) is 0 Å². The molecule has 1 atom stereocenters. The second-order valence-corrected chi connectivity index (χ2v) is 9.31. The summed E-state index contributed by atoms with van der Waals surface area (Å²) in [5.41, 5.74) is 0.901. The van der Waals surface area contributed by atoms with E-state index in [0.717, 1.165) is 23.1 Å². The molecule has 1 aliphatic heterocycles. The van der Waals surface area contributed by atoms with Crippen molar-refractivity contribution in [2.45, 2.75) is 30.8 Å². The predicted octanol–water partition coefficient (Wildman–Crippen LogP) is 2.46. The maximum atomic E-state index is 12.5. The molecule has 1 aromatic rings. The Morgan fingerprint density at radius 3 is 2.85 bits per heavy atom. The normalized spacial score (nSPS) is 17.8. The summed E-state index contributed by atoms with van der Waals surface area (Å²) < 4.78 is 24.2. The molecule has 1 heterocycles. The molecule has 26 heavy (non-hydrogen) atoms. The summed E-state index contributed by atoms with van der Waals surface area (Å²) in [4.78, 5) is 25.9. The first-order valence-electron chi connectivity index (χ1n) is 8.20. The molecule has 1 unspecified atom stereocenters. The standard InChI is InChI=1S/C18H20N2O4S2/c1-2-9-25-16-12-17(21)20(18(16)22)15-7-5-6-14(11-15)13-26(23,24)10-4-3-8-19/h3-7,11,16H,2,9-10,12-13H2,1H3/b4-3+. The van der Waals surface area contributed by atoms with Crippen LogP contribution in [0, 0.1) is 11.3 Å². The quantitative estimate of drug-likeness (QED) is 0.498. The third-order valence-electron chi connectivity index (χ3n) is 3.73. The minimum Gasteiger partial charge on any atom is -0.274 e. The van der Waals surface area contributed by atoms with E-state index in [1.54, 1.807) is 30.3 Å². The number of sulfone groups is 1. The number of anilines is 1. The zero-order chi connectivity index (χ0) is 19.2. The van der Waals surface area contributed by atoms with Gasteiger partial charge in [-0.25, -0.2) is 13.3 Å². The molecule has 0 saturated carbocycles. The number of rotatable bonds is 8. The van der Waals surface area contributed by atoms with Crippen molar-refractivity contribution in [2.75, 3.05) is 16.4 Å². The van der Waals surface area contributed by atoms with Crippen molar-refractivity contribution in [1.82, 2.24) is 0 Å². The van der Waals surface area contributed by atoms with Crippen LogP contribution in [0.15, 0.2) is 36.4 Å². The first-order valence-corrected chi connectivity index (χ1v) is 11.1. The van der Waals surface area contributed by atoms with Crippen LogP contribution in [-0.2, 0) is 25.2 Å². The van der Waals surface area contributed by atoms with Crippen LogP contribution in [0.1, 0.15) is 25.3 Å². The molecule has 6 nitrogen and oxygen atoms in total. The second kappa shape index (κ2) is 9.01. The number of amides is 2. The maximum Gasteiger partial charge on any atom is 0.247 e. The zero-order valence-electron chi connectivity index (χ0n) is 14.4. The number of hydrogen-bond acceptors (Lipinski definition) is 6. The van der Waals surface area contributed by atoms with E-state index in [4.69, 9.17) is 5.26 Å². The lowest BCUT2D eigenvalue weighted by atomic mass is 10.2. The molecule has 8 heteroatoms. The Morgan fingerprint density at radius 2 is 2.15 bits per heavy atom. The van der Waals surface area contributed by atoms with Crippen molar-refractivity contribution in [3.05, 3.63) is 42.0 Å². The van der Waals surface area contributed by atoms with E-state index in [9.17, 15) is 18.0 Å². The molecule has 1 aliphatic rings. The third kappa shape index (κ3) is 5.19. The number of nitriles is 1.